The number of hydrogen-bond donors (Lipinski definition) is 1. The third-order valence-corrected chi connectivity index (χ3v) is 4.86. The van der Waals surface area contributed by atoms with Crippen molar-refractivity contribution in [2.45, 2.75) is 39.5 Å². The van der Waals surface area contributed by atoms with Crippen LogP contribution in [0.5, 0.6) is 0 Å². The van der Waals surface area contributed by atoms with Crippen LogP contribution >= 0.6 is 0 Å². The Hall–Kier alpha value is -2.89. The number of benzene rings is 2. The van der Waals surface area contributed by atoms with Gasteiger partial charge in [0, 0.05) is 30.4 Å². The second kappa shape index (κ2) is 8.20. The van der Waals surface area contributed by atoms with Gasteiger partial charge in [0.05, 0.1) is 4.92 Å². The Morgan fingerprint density at radius 2 is 1.63 bits per heavy atom. The molecule has 6 heteroatoms. The molecule has 1 amide bonds. The number of aryl methyl sites for hydroxylation is 2. The average Bonchev–Trinajstić information content (AvgIpc) is 2.89. The summed E-state index contributed by atoms with van der Waals surface area (Å²) in [5.74, 6) is -0.342. The van der Waals surface area contributed by atoms with Gasteiger partial charge in [-0.25, -0.2) is 0 Å². The first-order chi connectivity index (χ1) is 12.9. The van der Waals surface area contributed by atoms with E-state index in [0.29, 0.717) is 16.9 Å². The molecular weight excluding hydrogens is 342 g/mol. The number of rotatable bonds is 4. The zero-order chi connectivity index (χ0) is 19.4. The summed E-state index contributed by atoms with van der Waals surface area (Å²) in [4.78, 5) is 25.9. The maximum atomic E-state index is 12.6. The summed E-state index contributed by atoms with van der Waals surface area (Å²) in [6.07, 6.45) is 4.37. The summed E-state index contributed by atoms with van der Waals surface area (Å²) in [6, 6.07) is 10.6. The van der Waals surface area contributed by atoms with Gasteiger partial charge in [0.25, 0.3) is 11.6 Å². The van der Waals surface area contributed by atoms with Gasteiger partial charge in [-0.05, 0) is 62.1 Å². The highest BCUT2D eigenvalue weighted by Crippen LogP contribution is 2.31. The first-order valence-corrected chi connectivity index (χ1v) is 9.37. The van der Waals surface area contributed by atoms with Crippen molar-refractivity contribution in [1.29, 1.82) is 0 Å². The number of amides is 1. The van der Waals surface area contributed by atoms with E-state index in [-0.39, 0.29) is 11.6 Å². The van der Waals surface area contributed by atoms with Gasteiger partial charge in [0.2, 0.25) is 0 Å². The van der Waals surface area contributed by atoms with E-state index < -0.39 is 4.92 Å². The van der Waals surface area contributed by atoms with Crippen LogP contribution in [0.2, 0.25) is 0 Å². The van der Waals surface area contributed by atoms with E-state index in [1.807, 2.05) is 32.0 Å². The van der Waals surface area contributed by atoms with Crippen LogP contribution < -0.4 is 10.2 Å². The first kappa shape index (κ1) is 18.9. The lowest BCUT2D eigenvalue weighted by molar-refractivity contribution is -0.384. The molecular formula is C21H25N3O3. The number of nitrogens with zero attached hydrogens (tertiary/aromatic N) is 2. The Bertz CT molecular complexity index is 835. The molecule has 0 atom stereocenters. The van der Waals surface area contributed by atoms with Gasteiger partial charge in [-0.3, -0.25) is 14.9 Å². The highest BCUT2D eigenvalue weighted by Gasteiger charge is 2.22. The number of nitrogens with one attached hydrogen (secondary N) is 1. The van der Waals surface area contributed by atoms with E-state index in [1.165, 1.54) is 6.07 Å². The summed E-state index contributed by atoms with van der Waals surface area (Å²) in [6.45, 7) is 5.55. The molecule has 27 heavy (non-hydrogen) atoms. The average molecular weight is 367 g/mol. The van der Waals surface area contributed by atoms with Crippen LogP contribution in [0.4, 0.5) is 17.1 Å². The fourth-order valence-corrected chi connectivity index (χ4v) is 3.64. The van der Waals surface area contributed by atoms with Crippen LogP contribution in [0.1, 0.15) is 47.2 Å². The van der Waals surface area contributed by atoms with E-state index in [0.717, 1.165) is 49.9 Å². The molecule has 0 aromatic heterocycles. The van der Waals surface area contributed by atoms with E-state index in [9.17, 15) is 14.9 Å². The standard InChI is InChI=1S/C21H25N3O3/c1-15-11-16(2)13-18(12-15)22-21(25)17-7-8-19(20(14-17)24(26)27)23-9-5-3-4-6-10-23/h7-8,11-14H,3-6,9-10H2,1-2H3,(H,22,25). The molecule has 0 radical (unpaired) electrons. The van der Waals surface area contributed by atoms with Crippen molar-refractivity contribution in [3.05, 3.63) is 63.2 Å². The normalized spacial score (nSPS) is 14.5. The Morgan fingerprint density at radius 1 is 1.00 bits per heavy atom. The molecule has 1 heterocycles. The molecule has 0 spiro atoms. The first-order valence-electron chi connectivity index (χ1n) is 9.37. The lowest BCUT2D eigenvalue weighted by Crippen LogP contribution is -2.25. The molecule has 1 saturated heterocycles. The Morgan fingerprint density at radius 3 is 2.22 bits per heavy atom. The molecule has 1 aliphatic rings. The molecule has 1 aliphatic heterocycles. The molecule has 142 valence electrons. The van der Waals surface area contributed by atoms with Gasteiger partial charge in [-0.1, -0.05) is 18.9 Å². The second-order valence-electron chi connectivity index (χ2n) is 7.19. The number of carbonyl (C=O) groups is 1. The van der Waals surface area contributed by atoms with Crippen LogP contribution in [0, 0.1) is 24.0 Å². The maximum absolute atomic E-state index is 12.6. The predicted molar refractivity (Wildman–Crippen MR) is 108 cm³/mol. The second-order valence-corrected chi connectivity index (χ2v) is 7.19. The monoisotopic (exact) mass is 367 g/mol. The van der Waals surface area contributed by atoms with E-state index in [2.05, 4.69) is 10.2 Å². The topological polar surface area (TPSA) is 75.5 Å². The number of hydrogen-bond acceptors (Lipinski definition) is 4. The van der Waals surface area contributed by atoms with Crippen LogP contribution in [-0.4, -0.2) is 23.9 Å². The molecule has 6 nitrogen and oxygen atoms in total. The summed E-state index contributed by atoms with van der Waals surface area (Å²) in [7, 11) is 0. The third kappa shape index (κ3) is 4.64. The van der Waals surface area contributed by atoms with Crippen LogP contribution in [0.3, 0.4) is 0 Å². The number of nitro groups is 1. The van der Waals surface area contributed by atoms with Crippen molar-refractivity contribution < 1.29 is 9.72 Å². The minimum absolute atomic E-state index is 0.00928. The molecule has 2 aromatic carbocycles. The van der Waals surface area contributed by atoms with Crippen molar-refractivity contribution in [3.63, 3.8) is 0 Å². The zero-order valence-corrected chi connectivity index (χ0v) is 15.8. The zero-order valence-electron chi connectivity index (χ0n) is 15.8. The van der Waals surface area contributed by atoms with Crippen molar-refractivity contribution in [2.75, 3.05) is 23.3 Å². The lowest BCUT2D eigenvalue weighted by atomic mass is 10.1. The van der Waals surface area contributed by atoms with Crippen LogP contribution in [-0.2, 0) is 0 Å². The van der Waals surface area contributed by atoms with Crippen LogP contribution in [0.15, 0.2) is 36.4 Å². The molecule has 0 unspecified atom stereocenters. The molecule has 1 N–H and O–H groups in total. The lowest BCUT2D eigenvalue weighted by Gasteiger charge is -2.22. The number of anilines is 2. The van der Waals surface area contributed by atoms with Crippen molar-refractivity contribution in [1.82, 2.24) is 0 Å². The summed E-state index contributed by atoms with van der Waals surface area (Å²) < 4.78 is 0. The minimum Gasteiger partial charge on any atom is -0.366 e. The summed E-state index contributed by atoms with van der Waals surface area (Å²) >= 11 is 0. The van der Waals surface area contributed by atoms with Gasteiger partial charge in [0.1, 0.15) is 5.69 Å². The van der Waals surface area contributed by atoms with Gasteiger partial charge >= 0.3 is 0 Å². The van der Waals surface area contributed by atoms with Gasteiger partial charge in [0.15, 0.2) is 0 Å². The number of nitro benzene ring substituents is 1. The van der Waals surface area contributed by atoms with Crippen LogP contribution in [0.25, 0.3) is 0 Å². The third-order valence-electron chi connectivity index (χ3n) is 4.86. The molecule has 0 saturated carbocycles. The van der Waals surface area contributed by atoms with Crippen molar-refractivity contribution in [2.24, 2.45) is 0 Å². The summed E-state index contributed by atoms with van der Waals surface area (Å²) in [5.41, 5.74) is 3.67. The van der Waals surface area contributed by atoms with Gasteiger partial charge in [-0.15, -0.1) is 0 Å². The van der Waals surface area contributed by atoms with Gasteiger partial charge in [-0.2, -0.15) is 0 Å². The maximum Gasteiger partial charge on any atom is 0.293 e. The molecule has 2 aromatic rings. The highest BCUT2D eigenvalue weighted by molar-refractivity contribution is 6.05. The summed E-state index contributed by atoms with van der Waals surface area (Å²) in [5, 5.41) is 14.5. The SMILES string of the molecule is Cc1cc(C)cc(NC(=O)c2ccc(N3CCCCCC3)c([N+](=O)[O-])c2)c1. The fraction of sp³-hybridized carbons (Fsp3) is 0.381. The minimum atomic E-state index is -0.395. The van der Waals surface area contributed by atoms with E-state index >= 15 is 0 Å². The molecule has 0 aliphatic carbocycles. The molecule has 1 fully saturated rings. The Labute approximate surface area is 159 Å². The van der Waals surface area contributed by atoms with E-state index in [4.69, 9.17) is 0 Å². The Balaban J connectivity index is 1.86. The molecule has 0 bridgehead atoms. The molecule has 3 rings (SSSR count). The number of carbonyl (C=O) groups excluding carboxylic acids is 1. The fourth-order valence-electron chi connectivity index (χ4n) is 3.64. The van der Waals surface area contributed by atoms with Crippen molar-refractivity contribution >= 4 is 23.0 Å². The highest BCUT2D eigenvalue weighted by atomic mass is 16.6. The Kier molecular flexibility index (Phi) is 5.74. The largest absolute Gasteiger partial charge is 0.366 e. The smallest absolute Gasteiger partial charge is 0.293 e. The van der Waals surface area contributed by atoms with Gasteiger partial charge < -0.3 is 10.2 Å². The van der Waals surface area contributed by atoms with Crippen molar-refractivity contribution in [3.8, 4) is 0 Å². The predicted octanol–water partition coefficient (Wildman–Crippen LogP) is 4.84. The van der Waals surface area contributed by atoms with E-state index in [1.54, 1.807) is 12.1 Å². The quantitative estimate of drug-likeness (QED) is 0.619.